The van der Waals surface area contributed by atoms with Gasteiger partial charge in [-0.3, -0.25) is 14.4 Å². The molecule has 0 spiro atoms. The first-order valence-corrected chi connectivity index (χ1v) is 9.11. The zero-order chi connectivity index (χ0) is 17.4. The molecule has 1 rings (SSSR count). The molecule has 1 aliphatic heterocycles. The third-order valence-corrected chi connectivity index (χ3v) is 5.00. The number of nitrogens with zero attached hydrogens (tertiary/aromatic N) is 1. The van der Waals surface area contributed by atoms with Crippen LogP contribution in [0.3, 0.4) is 0 Å². The van der Waals surface area contributed by atoms with E-state index in [9.17, 15) is 24.0 Å². The number of carbonyl (C=O) groups is 5. The van der Waals surface area contributed by atoms with Crippen molar-refractivity contribution < 1.29 is 33.9 Å². The van der Waals surface area contributed by atoms with E-state index in [-0.39, 0.29) is 25.0 Å². The van der Waals surface area contributed by atoms with Gasteiger partial charge in [-0.15, -0.1) is 5.06 Å². The second-order valence-corrected chi connectivity index (χ2v) is 7.12. The zero-order valence-corrected chi connectivity index (χ0v) is 13.9. The maximum absolute atomic E-state index is 11.5. The van der Waals surface area contributed by atoms with E-state index in [1.807, 2.05) is 0 Å². The summed E-state index contributed by atoms with van der Waals surface area (Å²) < 4.78 is 0. The average Bonchev–Trinajstić information content (AvgIpc) is 2.77. The quantitative estimate of drug-likeness (QED) is 0.328. The maximum atomic E-state index is 11.5. The van der Waals surface area contributed by atoms with Crippen molar-refractivity contribution in [2.75, 3.05) is 11.5 Å². The average molecular weight is 364 g/mol. The lowest BCUT2D eigenvalue weighted by Crippen LogP contribution is -2.41. The second-order valence-electron chi connectivity index (χ2n) is 4.49. The number of amides is 3. The minimum atomic E-state index is -1.14. The molecule has 0 radical (unpaired) electrons. The minimum absolute atomic E-state index is 0.0351. The van der Waals surface area contributed by atoms with Gasteiger partial charge in [0.25, 0.3) is 11.8 Å². The largest absolute Gasteiger partial charge is 0.480 e. The summed E-state index contributed by atoms with van der Waals surface area (Å²) in [5.74, 6) is -2.91. The predicted octanol–water partition coefficient (Wildman–Crippen LogP) is -0.0456. The van der Waals surface area contributed by atoms with Crippen LogP contribution in [0.2, 0.25) is 0 Å². The molecule has 1 saturated heterocycles. The second kappa shape index (κ2) is 9.40. The summed E-state index contributed by atoms with van der Waals surface area (Å²) in [7, 11) is 2.41. The van der Waals surface area contributed by atoms with E-state index in [1.165, 1.54) is 28.5 Å². The SMILES string of the molecule is CC(=O)N[C@@H](CSSCCC(=O)ON1C(=O)CCC1=O)C(=O)O. The van der Waals surface area contributed by atoms with Gasteiger partial charge in [0.05, 0.1) is 6.42 Å². The van der Waals surface area contributed by atoms with Gasteiger partial charge in [0.15, 0.2) is 0 Å². The number of imide groups is 1. The van der Waals surface area contributed by atoms with Crippen LogP contribution in [-0.2, 0) is 28.8 Å². The zero-order valence-electron chi connectivity index (χ0n) is 12.3. The molecule has 1 aliphatic rings. The molecule has 2 N–H and O–H groups in total. The standard InChI is InChI=1S/C12H16N2O7S2/c1-7(15)13-8(12(19)20)6-23-22-5-4-11(18)21-14-9(16)2-3-10(14)17/h8H,2-6H2,1H3,(H,13,15)(H,19,20)/t8-/m0/s1. The Morgan fingerprint density at radius 2 is 1.87 bits per heavy atom. The smallest absolute Gasteiger partial charge is 0.334 e. The Morgan fingerprint density at radius 1 is 1.26 bits per heavy atom. The van der Waals surface area contributed by atoms with Gasteiger partial charge < -0.3 is 15.3 Å². The Labute approximate surface area is 139 Å². The molecule has 0 aromatic rings. The molecule has 0 aromatic carbocycles. The monoisotopic (exact) mass is 364 g/mol. The van der Waals surface area contributed by atoms with Crippen LogP contribution >= 0.6 is 21.6 Å². The highest BCUT2D eigenvalue weighted by atomic mass is 33.1. The van der Waals surface area contributed by atoms with Gasteiger partial charge in [-0.2, -0.15) is 0 Å². The van der Waals surface area contributed by atoms with Gasteiger partial charge >= 0.3 is 11.9 Å². The molecule has 0 aliphatic carbocycles. The summed E-state index contributed by atoms with van der Waals surface area (Å²) in [6, 6.07) is -1.00. The molecule has 0 bridgehead atoms. The van der Waals surface area contributed by atoms with E-state index in [0.29, 0.717) is 10.8 Å². The molecular formula is C12H16N2O7S2. The van der Waals surface area contributed by atoms with Crippen molar-refractivity contribution in [2.24, 2.45) is 0 Å². The normalized spacial score (nSPS) is 15.4. The van der Waals surface area contributed by atoms with Crippen molar-refractivity contribution >= 4 is 51.2 Å². The fourth-order valence-corrected chi connectivity index (χ4v) is 3.65. The van der Waals surface area contributed by atoms with E-state index < -0.39 is 35.7 Å². The highest BCUT2D eigenvalue weighted by Gasteiger charge is 2.32. The summed E-state index contributed by atoms with van der Waals surface area (Å²) >= 11 is 0. The lowest BCUT2D eigenvalue weighted by atomic mass is 10.3. The van der Waals surface area contributed by atoms with E-state index in [4.69, 9.17) is 5.11 Å². The Morgan fingerprint density at radius 3 is 2.39 bits per heavy atom. The van der Waals surface area contributed by atoms with Crippen LogP contribution in [0.5, 0.6) is 0 Å². The molecule has 1 heterocycles. The summed E-state index contributed by atoms with van der Waals surface area (Å²) in [4.78, 5) is 60.4. The molecule has 0 unspecified atom stereocenters. The van der Waals surface area contributed by atoms with Gasteiger partial charge in [-0.25, -0.2) is 9.59 Å². The van der Waals surface area contributed by atoms with Gasteiger partial charge in [0, 0.05) is 31.3 Å². The number of aliphatic carboxylic acids is 1. The molecule has 128 valence electrons. The number of rotatable bonds is 9. The Balaban J connectivity index is 2.20. The van der Waals surface area contributed by atoms with Gasteiger partial charge in [-0.05, 0) is 0 Å². The predicted molar refractivity (Wildman–Crippen MR) is 82.0 cm³/mol. The van der Waals surface area contributed by atoms with E-state index in [2.05, 4.69) is 10.2 Å². The third-order valence-electron chi connectivity index (χ3n) is 2.58. The highest BCUT2D eigenvalue weighted by molar-refractivity contribution is 8.76. The fraction of sp³-hybridized carbons (Fsp3) is 0.583. The fourth-order valence-electron chi connectivity index (χ4n) is 1.53. The number of hydrogen-bond acceptors (Lipinski definition) is 8. The Bertz CT molecular complexity index is 496. The first kappa shape index (κ1) is 19.3. The Hall–Kier alpha value is -1.75. The topological polar surface area (TPSA) is 130 Å². The van der Waals surface area contributed by atoms with Gasteiger partial charge in [0.1, 0.15) is 6.04 Å². The van der Waals surface area contributed by atoms with Crippen molar-refractivity contribution in [1.82, 2.24) is 10.4 Å². The van der Waals surface area contributed by atoms with Crippen molar-refractivity contribution in [1.29, 1.82) is 0 Å². The van der Waals surface area contributed by atoms with Crippen molar-refractivity contribution in [3.8, 4) is 0 Å². The first-order chi connectivity index (χ1) is 10.8. The van der Waals surface area contributed by atoms with Crippen LogP contribution in [0.1, 0.15) is 26.2 Å². The van der Waals surface area contributed by atoms with Crippen LogP contribution in [-0.4, -0.2) is 57.4 Å². The summed E-state index contributed by atoms with van der Waals surface area (Å²) in [6.07, 6.45) is 0.0412. The molecule has 0 saturated carbocycles. The molecule has 9 nitrogen and oxygen atoms in total. The Kier molecular flexibility index (Phi) is 7.89. The van der Waals surface area contributed by atoms with Crippen LogP contribution in [0.4, 0.5) is 0 Å². The summed E-state index contributed by atoms with van der Waals surface area (Å²) in [5.41, 5.74) is 0. The van der Waals surface area contributed by atoms with E-state index in [1.54, 1.807) is 0 Å². The number of carboxylic acids is 1. The molecule has 23 heavy (non-hydrogen) atoms. The van der Waals surface area contributed by atoms with Crippen LogP contribution in [0, 0.1) is 0 Å². The van der Waals surface area contributed by atoms with Crippen LogP contribution < -0.4 is 5.32 Å². The molecule has 11 heteroatoms. The number of nitrogens with one attached hydrogen (secondary N) is 1. The molecule has 0 aromatic heterocycles. The highest BCUT2D eigenvalue weighted by Crippen LogP contribution is 2.23. The third kappa shape index (κ3) is 6.91. The number of hydrogen-bond donors (Lipinski definition) is 2. The van der Waals surface area contributed by atoms with Gasteiger partial charge in [0.2, 0.25) is 5.91 Å². The van der Waals surface area contributed by atoms with Crippen molar-refractivity contribution in [3.05, 3.63) is 0 Å². The van der Waals surface area contributed by atoms with Crippen LogP contribution in [0.25, 0.3) is 0 Å². The van der Waals surface area contributed by atoms with Crippen molar-refractivity contribution in [3.63, 3.8) is 0 Å². The number of carboxylic acid groups (broad SMARTS) is 1. The minimum Gasteiger partial charge on any atom is -0.480 e. The number of hydroxylamine groups is 2. The summed E-state index contributed by atoms with van der Waals surface area (Å²) in [5, 5.41) is 11.7. The maximum Gasteiger partial charge on any atom is 0.334 e. The van der Waals surface area contributed by atoms with E-state index in [0.717, 1.165) is 0 Å². The molecule has 1 fully saturated rings. The van der Waals surface area contributed by atoms with Crippen LogP contribution in [0.15, 0.2) is 0 Å². The summed E-state index contributed by atoms with van der Waals surface area (Å²) in [6.45, 7) is 1.23. The van der Waals surface area contributed by atoms with Gasteiger partial charge in [-0.1, -0.05) is 21.6 Å². The molecular weight excluding hydrogens is 348 g/mol. The molecule has 1 atom stereocenters. The van der Waals surface area contributed by atoms with E-state index >= 15 is 0 Å². The molecule has 3 amide bonds. The number of carbonyl (C=O) groups excluding carboxylic acids is 4. The lowest BCUT2D eigenvalue weighted by Gasteiger charge is -2.13. The lowest BCUT2D eigenvalue weighted by molar-refractivity contribution is -0.197. The first-order valence-electron chi connectivity index (χ1n) is 6.62. The van der Waals surface area contributed by atoms with Crippen molar-refractivity contribution in [2.45, 2.75) is 32.2 Å².